The van der Waals surface area contributed by atoms with Gasteiger partial charge in [0.15, 0.2) is 6.10 Å². The van der Waals surface area contributed by atoms with Gasteiger partial charge in [0.05, 0.1) is 0 Å². The number of rotatable bonds is 56. The zero-order valence-corrected chi connectivity index (χ0v) is 47.2. The number of carbonyl (C=O) groups is 3. The quantitative estimate of drug-likeness (QED) is 0.0261. The summed E-state index contributed by atoms with van der Waals surface area (Å²) < 4.78 is 16.8. The van der Waals surface area contributed by atoms with E-state index >= 15 is 0 Å². The van der Waals surface area contributed by atoms with E-state index in [9.17, 15) is 14.4 Å². The minimum atomic E-state index is -0.794. The predicted octanol–water partition coefficient (Wildman–Crippen LogP) is 20.8. The van der Waals surface area contributed by atoms with E-state index in [2.05, 4.69) is 81.5 Å². The van der Waals surface area contributed by atoms with Crippen LogP contribution in [0.15, 0.2) is 60.8 Å². The van der Waals surface area contributed by atoms with Crippen LogP contribution in [-0.2, 0) is 28.6 Å². The molecule has 412 valence electrons. The van der Waals surface area contributed by atoms with Crippen molar-refractivity contribution in [1.29, 1.82) is 0 Å². The number of hydrogen-bond donors (Lipinski definition) is 0. The molecule has 0 aromatic rings. The Labute approximate surface area is 440 Å². The fourth-order valence-corrected chi connectivity index (χ4v) is 8.91. The fraction of sp³-hybridized carbons (Fsp3) is 0.800. The molecular weight excluding hydrogens is 877 g/mol. The minimum absolute atomic E-state index is 0.0883. The molecule has 0 saturated carbocycles. The Morgan fingerprint density at radius 2 is 0.577 bits per heavy atom. The average molecular weight is 994 g/mol. The van der Waals surface area contributed by atoms with Gasteiger partial charge < -0.3 is 14.2 Å². The van der Waals surface area contributed by atoms with Gasteiger partial charge in [0.1, 0.15) is 13.2 Å². The summed E-state index contributed by atoms with van der Waals surface area (Å²) in [7, 11) is 0. The smallest absolute Gasteiger partial charge is 0.306 e. The van der Waals surface area contributed by atoms with Gasteiger partial charge in [0.2, 0.25) is 0 Å². The number of unbranched alkanes of at least 4 members (excludes halogenated alkanes) is 35. The molecule has 0 aliphatic rings. The van der Waals surface area contributed by atoms with E-state index in [-0.39, 0.29) is 31.1 Å². The van der Waals surface area contributed by atoms with Crippen LogP contribution < -0.4 is 0 Å². The lowest BCUT2D eigenvalue weighted by Gasteiger charge is -2.18. The van der Waals surface area contributed by atoms with Crippen molar-refractivity contribution in [3.8, 4) is 0 Å². The van der Waals surface area contributed by atoms with Gasteiger partial charge in [-0.2, -0.15) is 0 Å². The van der Waals surface area contributed by atoms with E-state index in [0.29, 0.717) is 19.3 Å². The standard InChI is InChI=1S/C65H116O6/c1-4-7-10-13-16-19-22-25-26-27-28-29-30-31-32-33-34-35-36-37-38-41-43-46-49-52-55-58-64(67)70-61-62(71-65(68)59-56-53-50-47-44-40-24-21-18-15-12-9-6-3)60-69-63(66)57-54-51-48-45-42-39-23-20-17-14-11-8-5-2/h9,11-12,14,18,20-21,23,40,44,62H,4-8,10,13,15-17,19,22,24-39,41-43,45-61H2,1-3H3/b12-9-,14-11-,21-18-,23-20-,44-40-. The van der Waals surface area contributed by atoms with Crippen LogP contribution in [0.3, 0.4) is 0 Å². The maximum atomic E-state index is 12.8. The van der Waals surface area contributed by atoms with Crippen LogP contribution in [0.25, 0.3) is 0 Å². The second-order valence-electron chi connectivity index (χ2n) is 20.6. The monoisotopic (exact) mass is 993 g/mol. The highest BCUT2D eigenvalue weighted by Gasteiger charge is 2.19. The van der Waals surface area contributed by atoms with Crippen LogP contribution in [0.1, 0.15) is 316 Å². The summed E-state index contributed by atoms with van der Waals surface area (Å²) in [6, 6.07) is 0. The van der Waals surface area contributed by atoms with E-state index in [0.717, 1.165) is 116 Å². The molecular formula is C65H116O6. The van der Waals surface area contributed by atoms with E-state index < -0.39 is 6.10 Å². The first kappa shape index (κ1) is 68.1. The molecule has 0 rings (SSSR count). The molecule has 0 amide bonds. The van der Waals surface area contributed by atoms with E-state index in [1.54, 1.807) is 0 Å². The third kappa shape index (κ3) is 57.9. The van der Waals surface area contributed by atoms with Gasteiger partial charge in [-0.05, 0) is 77.0 Å². The lowest BCUT2D eigenvalue weighted by molar-refractivity contribution is -0.167. The number of esters is 3. The molecule has 71 heavy (non-hydrogen) atoms. The lowest BCUT2D eigenvalue weighted by atomic mass is 10.0. The van der Waals surface area contributed by atoms with Crippen molar-refractivity contribution < 1.29 is 28.6 Å². The summed E-state index contributed by atoms with van der Waals surface area (Å²) in [5.74, 6) is -0.921. The number of carbonyl (C=O) groups excluding carboxylic acids is 3. The summed E-state index contributed by atoms with van der Waals surface area (Å²) in [6.45, 7) is 6.46. The van der Waals surface area contributed by atoms with Gasteiger partial charge in [0, 0.05) is 19.3 Å². The second-order valence-corrected chi connectivity index (χ2v) is 20.6. The number of allylic oxidation sites excluding steroid dienone is 10. The molecule has 1 atom stereocenters. The Morgan fingerprint density at radius 1 is 0.296 bits per heavy atom. The highest BCUT2D eigenvalue weighted by Crippen LogP contribution is 2.17. The van der Waals surface area contributed by atoms with Crippen molar-refractivity contribution in [3.63, 3.8) is 0 Å². The Morgan fingerprint density at radius 3 is 0.930 bits per heavy atom. The molecule has 0 aliphatic heterocycles. The Hall–Kier alpha value is -2.89. The van der Waals surface area contributed by atoms with Gasteiger partial charge in [-0.25, -0.2) is 0 Å². The van der Waals surface area contributed by atoms with E-state index in [1.165, 1.54) is 161 Å². The van der Waals surface area contributed by atoms with Crippen molar-refractivity contribution in [2.45, 2.75) is 322 Å². The highest BCUT2D eigenvalue weighted by atomic mass is 16.6. The molecule has 0 radical (unpaired) electrons. The zero-order valence-electron chi connectivity index (χ0n) is 47.2. The van der Waals surface area contributed by atoms with Gasteiger partial charge in [0.25, 0.3) is 0 Å². The molecule has 0 heterocycles. The normalized spacial score (nSPS) is 12.4. The highest BCUT2D eigenvalue weighted by molar-refractivity contribution is 5.71. The Kier molecular flexibility index (Phi) is 57.2. The van der Waals surface area contributed by atoms with Gasteiger partial charge >= 0.3 is 17.9 Å². The van der Waals surface area contributed by atoms with Crippen molar-refractivity contribution in [3.05, 3.63) is 60.8 Å². The first-order valence-electron chi connectivity index (χ1n) is 30.8. The molecule has 0 saturated heterocycles. The molecule has 0 aromatic heterocycles. The van der Waals surface area contributed by atoms with Crippen LogP contribution >= 0.6 is 0 Å². The second kappa shape index (κ2) is 59.7. The largest absolute Gasteiger partial charge is 0.462 e. The zero-order chi connectivity index (χ0) is 51.4. The van der Waals surface area contributed by atoms with Crippen LogP contribution in [0.4, 0.5) is 0 Å². The Balaban J connectivity index is 4.19. The van der Waals surface area contributed by atoms with Crippen molar-refractivity contribution >= 4 is 17.9 Å². The van der Waals surface area contributed by atoms with Gasteiger partial charge in [-0.3, -0.25) is 14.4 Å². The topological polar surface area (TPSA) is 78.9 Å². The summed E-state index contributed by atoms with van der Waals surface area (Å²) in [6.07, 6.45) is 75.3. The number of hydrogen-bond acceptors (Lipinski definition) is 6. The van der Waals surface area contributed by atoms with Crippen molar-refractivity contribution in [2.24, 2.45) is 0 Å². The number of ether oxygens (including phenoxy) is 3. The lowest BCUT2D eigenvalue weighted by Crippen LogP contribution is -2.30. The summed E-state index contributed by atoms with van der Waals surface area (Å²) >= 11 is 0. The molecule has 0 bridgehead atoms. The molecule has 0 aromatic carbocycles. The first-order chi connectivity index (χ1) is 35.0. The third-order valence-electron chi connectivity index (χ3n) is 13.5. The minimum Gasteiger partial charge on any atom is -0.462 e. The van der Waals surface area contributed by atoms with Crippen LogP contribution in [0.5, 0.6) is 0 Å². The maximum absolute atomic E-state index is 12.8. The molecule has 1 unspecified atom stereocenters. The van der Waals surface area contributed by atoms with E-state index in [4.69, 9.17) is 14.2 Å². The SMILES string of the molecule is CC/C=C\C/C=C\C/C=C\CCCCCC(=O)OC(COC(=O)CCCCCCC/C=C\C/C=C\CCC)COC(=O)CCCCCCCCCCCCCCCCCCCCCCCCCCCCC. The van der Waals surface area contributed by atoms with Gasteiger partial charge in [-0.15, -0.1) is 0 Å². The molecule has 6 nitrogen and oxygen atoms in total. The molecule has 0 N–H and O–H groups in total. The fourth-order valence-electron chi connectivity index (χ4n) is 8.91. The van der Waals surface area contributed by atoms with Crippen molar-refractivity contribution in [1.82, 2.24) is 0 Å². The average Bonchev–Trinajstić information content (AvgIpc) is 3.37. The molecule has 6 heteroatoms. The maximum Gasteiger partial charge on any atom is 0.306 e. The summed E-state index contributed by atoms with van der Waals surface area (Å²) in [5.41, 5.74) is 0. The van der Waals surface area contributed by atoms with Gasteiger partial charge in [-0.1, -0.05) is 281 Å². The first-order valence-corrected chi connectivity index (χ1v) is 30.8. The van der Waals surface area contributed by atoms with Crippen LogP contribution in [0, 0.1) is 0 Å². The van der Waals surface area contributed by atoms with E-state index in [1.807, 2.05) is 0 Å². The molecule has 0 spiro atoms. The predicted molar refractivity (Wildman–Crippen MR) is 307 cm³/mol. The summed E-state index contributed by atoms with van der Waals surface area (Å²) in [5, 5.41) is 0. The third-order valence-corrected chi connectivity index (χ3v) is 13.5. The molecule has 0 fully saturated rings. The van der Waals surface area contributed by atoms with Crippen LogP contribution in [0.2, 0.25) is 0 Å². The molecule has 0 aliphatic carbocycles. The summed E-state index contributed by atoms with van der Waals surface area (Å²) in [4.78, 5) is 38.1. The van der Waals surface area contributed by atoms with Crippen LogP contribution in [-0.4, -0.2) is 37.2 Å². The van der Waals surface area contributed by atoms with Crippen molar-refractivity contribution in [2.75, 3.05) is 13.2 Å². The Bertz CT molecular complexity index is 1280.